The first-order valence-corrected chi connectivity index (χ1v) is 10.3. The van der Waals surface area contributed by atoms with Crippen molar-refractivity contribution in [3.05, 3.63) is 71.2 Å². The predicted molar refractivity (Wildman–Crippen MR) is 102 cm³/mol. The van der Waals surface area contributed by atoms with Crippen molar-refractivity contribution in [1.82, 2.24) is 0 Å². The number of fused-ring (bicyclic) bond motifs is 1. The van der Waals surface area contributed by atoms with Gasteiger partial charge in [-0.15, -0.1) is 11.8 Å². The molecule has 136 valence electrons. The number of rotatable bonds is 5. The summed E-state index contributed by atoms with van der Waals surface area (Å²) < 4.78 is 48.7. The van der Waals surface area contributed by atoms with Gasteiger partial charge < -0.3 is 4.74 Å². The molecule has 3 rings (SSSR count). The quantitative estimate of drug-likeness (QED) is 0.420. The molecule has 1 aliphatic carbocycles. The minimum absolute atomic E-state index is 0.0397. The Labute approximate surface area is 156 Å². The van der Waals surface area contributed by atoms with Gasteiger partial charge in [0.1, 0.15) is 16.5 Å². The van der Waals surface area contributed by atoms with Crippen LogP contribution < -0.4 is 4.74 Å². The minimum atomic E-state index is -3.99. The summed E-state index contributed by atoms with van der Waals surface area (Å²) in [5.74, 6) is 0.102. The average molecular weight is 392 g/mol. The van der Waals surface area contributed by atoms with E-state index in [2.05, 4.69) is 4.18 Å². The predicted octanol–water partition coefficient (Wildman–Crippen LogP) is 4.69. The van der Waals surface area contributed by atoms with Gasteiger partial charge in [0.25, 0.3) is 10.1 Å². The van der Waals surface area contributed by atoms with E-state index in [-0.39, 0.29) is 10.5 Å². The van der Waals surface area contributed by atoms with E-state index in [1.165, 1.54) is 18.4 Å². The lowest BCUT2D eigenvalue weighted by Crippen LogP contribution is -2.05. The summed E-state index contributed by atoms with van der Waals surface area (Å²) >= 11 is 1.62. The van der Waals surface area contributed by atoms with Crippen LogP contribution in [0.3, 0.4) is 0 Å². The van der Waals surface area contributed by atoms with E-state index in [0.717, 1.165) is 12.0 Å². The van der Waals surface area contributed by atoms with Crippen molar-refractivity contribution in [2.24, 2.45) is 0 Å². The standard InChI is InChI=1S/C19H17FO4S2/c1-12-18(11-24-14-5-7-15(25-3)8-6-14)16-9-4-13(20)10-17(16)19(12)26(21,22)23-2/h4-11H,1-3H3. The fraction of sp³-hybridized carbons (Fsp3) is 0.158. The molecule has 0 N–H and O–H groups in total. The fourth-order valence-electron chi connectivity index (χ4n) is 2.80. The molecule has 0 fully saturated rings. The Kier molecular flexibility index (Phi) is 5.22. The van der Waals surface area contributed by atoms with E-state index in [9.17, 15) is 12.8 Å². The lowest BCUT2D eigenvalue weighted by Gasteiger charge is -2.06. The number of hydrogen-bond donors (Lipinski definition) is 0. The molecule has 1 aliphatic rings. The maximum Gasteiger partial charge on any atom is 0.297 e. The van der Waals surface area contributed by atoms with E-state index >= 15 is 0 Å². The van der Waals surface area contributed by atoms with Crippen molar-refractivity contribution in [1.29, 1.82) is 0 Å². The molecule has 2 aromatic rings. The van der Waals surface area contributed by atoms with Crippen LogP contribution in [-0.2, 0) is 14.3 Å². The van der Waals surface area contributed by atoms with Gasteiger partial charge in [-0.3, -0.25) is 4.18 Å². The number of hydrogen-bond acceptors (Lipinski definition) is 5. The van der Waals surface area contributed by atoms with Crippen LogP contribution in [0.15, 0.2) is 59.2 Å². The zero-order valence-electron chi connectivity index (χ0n) is 14.4. The van der Waals surface area contributed by atoms with E-state index in [0.29, 0.717) is 22.5 Å². The molecule has 26 heavy (non-hydrogen) atoms. The van der Waals surface area contributed by atoms with Crippen LogP contribution in [0, 0.1) is 5.82 Å². The minimum Gasteiger partial charge on any atom is -0.464 e. The van der Waals surface area contributed by atoms with Crippen molar-refractivity contribution in [3.8, 4) is 5.75 Å². The molecule has 4 nitrogen and oxygen atoms in total. The van der Waals surface area contributed by atoms with Crippen LogP contribution in [0.25, 0.3) is 10.5 Å². The molecule has 0 bridgehead atoms. The second-order valence-corrected chi connectivity index (χ2v) is 8.12. The van der Waals surface area contributed by atoms with Gasteiger partial charge in [0.2, 0.25) is 0 Å². The first-order chi connectivity index (χ1) is 12.4. The van der Waals surface area contributed by atoms with Gasteiger partial charge in [0, 0.05) is 16.0 Å². The van der Waals surface area contributed by atoms with E-state index < -0.39 is 15.9 Å². The molecule has 0 unspecified atom stereocenters. The SMILES string of the molecule is COS(=O)(=O)C1=C(C)C(=COc2ccc(SC)cc2)c2ccc(F)cc21. The topological polar surface area (TPSA) is 52.6 Å². The third-order valence-electron chi connectivity index (χ3n) is 4.10. The van der Waals surface area contributed by atoms with Crippen LogP contribution in [-0.4, -0.2) is 21.8 Å². The van der Waals surface area contributed by atoms with Crippen molar-refractivity contribution in [2.75, 3.05) is 13.4 Å². The Morgan fingerprint density at radius 1 is 1.08 bits per heavy atom. The van der Waals surface area contributed by atoms with Gasteiger partial charge in [-0.1, -0.05) is 6.07 Å². The molecule has 0 saturated carbocycles. The molecule has 0 atom stereocenters. The maximum absolute atomic E-state index is 13.7. The Morgan fingerprint density at radius 2 is 1.77 bits per heavy atom. The summed E-state index contributed by atoms with van der Waals surface area (Å²) in [6, 6.07) is 11.5. The molecule has 0 aliphatic heterocycles. The Balaban J connectivity index is 2.06. The van der Waals surface area contributed by atoms with Gasteiger partial charge in [-0.05, 0) is 60.7 Å². The number of allylic oxidation sites excluding steroid dienone is 2. The Bertz CT molecular complexity index is 1010. The van der Waals surface area contributed by atoms with Crippen LogP contribution in [0.1, 0.15) is 18.1 Å². The van der Waals surface area contributed by atoms with Crippen molar-refractivity contribution in [2.45, 2.75) is 11.8 Å². The summed E-state index contributed by atoms with van der Waals surface area (Å²) in [5, 5.41) is 0. The van der Waals surface area contributed by atoms with Crippen LogP contribution in [0.5, 0.6) is 5.75 Å². The Morgan fingerprint density at radius 3 is 2.38 bits per heavy atom. The molecular formula is C19H17FO4S2. The maximum atomic E-state index is 13.7. The zero-order chi connectivity index (χ0) is 18.9. The summed E-state index contributed by atoms with van der Waals surface area (Å²) in [4.78, 5) is 1.07. The van der Waals surface area contributed by atoms with Gasteiger partial charge in [0.05, 0.1) is 13.4 Å². The summed E-state index contributed by atoms with van der Waals surface area (Å²) in [5.41, 5.74) is 1.88. The number of halogens is 1. The van der Waals surface area contributed by atoms with Gasteiger partial charge in [-0.2, -0.15) is 8.42 Å². The molecule has 0 heterocycles. The smallest absolute Gasteiger partial charge is 0.297 e. The average Bonchev–Trinajstić information content (AvgIpc) is 2.91. The highest BCUT2D eigenvalue weighted by atomic mass is 32.2. The van der Waals surface area contributed by atoms with Crippen LogP contribution >= 0.6 is 11.8 Å². The Hall–Kier alpha value is -2.09. The number of thioether (sulfide) groups is 1. The lowest BCUT2D eigenvalue weighted by molar-refractivity contribution is 0.408. The molecular weight excluding hydrogens is 375 g/mol. The molecule has 0 radical (unpaired) electrons. The highest BCUT2D eigenvalue weighted by Gasteiger charge is 2.33. The third kappa shape index (κ3) is 3.42. The van der Waals surface area contributed by atoms with Crippen LogP contribution in [0.2, 0.25) is 0 Å². The zero-order valence-corrected chi connectivity index (χ0v) is 16.1. The highest BCUT2D eigenvalue weighted by Crippen LogP contribution is 2.44. The van der Waals surface area contributed by atoms with E-state index in [1.807, 2.05) is 30.5 Å². The molecule has 0 spiro atoms. The second-order valence-electron chi connectivity index (χ2n) is 5.59. The molecule has 0 amide bonds. The second kappa shape index (κ2) is 7.26. The van der Waals surface area contributed by atoms with Crippen molar-refractivity contribution in [3.63, 3.8) is 0 Å². The molecule has 7 heteroatoms. The van der Waals surface area contributed by atoms with E-state index in [4.69, 9.17) is 4.74 Å². The number of benzene rings is 2. The normalized spacial score (nSPS) is 15.5. The monoisotopic (exact) mass is 392 g/mol. The summed E-state index contributed by atoms with van der Waals surface area (Å²) in [6.45, 7) is 1.65. The van der Waals surface area contributed by atoms with Gasteiger partial charge >= 0.3 is 0 Å². The van der Waals surface area contributed by atoms with E-state index in [1.54, 1.807) is 24.8 Å². The molecule has 2 aromatic carbocycles. The van der Waals surface area contributed by atoms with Crippen molar-refractivity contribution < 1.29 is 21.7 Å². The largest absolute Gasteiger partial charge is 0.464 e. The van der Waals surface area contributed by atoms with Crippen molar-refractivity contribution >= 4 is 32.4 Å². The van der Waals surface area contributed by atoms with Gasteiger partial charge in [-0.25, -0.2) is 4.39 Å². The fourth-order valence-corrected chi connectivity index (χ4v) is 4.30. The summed E-state index contributed by atoms with van der Waals surface area (Å²) in [6.07, 6.45) is 3.47. The number of ether oxygens (including phenoxy) is 1. The summed E-state index contributed by atoms with van der Waals surface area (Å²) in [7, 11) is -2.90. The molecule has 0 aromatic heterocycles. The third-order valence-corrected chi connectivity index (χ3v) is 6.31. The first-order valence-electron chi connectivity index (χ1n) is 7.70. The molecule has 0 saturated heterocycles. The lowest BCUT2D eigenvalue weighted by atomic mass is 10.1. The highest BCUT2D eigenvalue weighted by molar-refractivity contribution is 7.98. The van der Waals surface area contributed by atoms with Crippen LogP contribution in [0.4, 0.5) is 4.39 Å². The van der Waals surface area contributed by atoms with Gasteiger partial charge in [0.15, 0.2) is 0 Å². The first kappa shape index (κ1) is 18.7.